The molecule has 0 saturated heterocycles. The third kappa shape index (κ3) is 3.52. The fraction of sp³-hybridized carbons (Fsp3) is 0.471. The second kappa shape index (κ2) is 7.44. The SMILES string of the molecule is CCC(CC)C(=O)N1CCc2nc(NC(=O)c3cccs3)sc2C1. The molecule has 24 heavy (non-hydrogen) atoms. The van der Waals surface area contributed by atoms with E-state index >= 15 is 0 Å². The van der Waals surface area contributed by atoms with Gasteiger partial charge in [-0.05, 0) is 24.3 Å². The molecule has 2 aromatic rings. The van der Waals surface area contributed by atoms with E-state index in [2.05, 4.69) is 24.1 Å². The van der Waals surface area contributed by atoms with Gasteiger partial charge in [-0.25, -0.2) is 4.98 Å². The van der Waals surface area contributed by atoms with E-state index < -0.39 is 0 Å². The number of amides is 2. The number of nitrogens with zero attached hydrogens (tertiary/aromatic N) is 2. The first-order chi connectivity index (χ1) is 11.6. The molecule has 1 N–H and O–H groups in total. The van der Waals surface area contributed by atoms with Crippen molar-refractivity contribution in [3.05, 3.63) is 33.0 Å². The van der Waals surface area contributed by atoms with E-state index in [1.165, 1.54) is 22.7 Å². The molecule has 128 valence electrons. The molecule has 0 radical (unpaired) electrons. The number of fused-ring (bicyclic) bond motifs is 1. The van der Waals surface area contributed by atoms with Gasteiger partial charge in [-0.2, -0.15) is 0 Å². The van der Waals surface area contributed by atoms with Crippen LogP contribution in [0.25, 0.3) is 0 Å². The first-order valence-corrected chi connectivity index (χ1v) is 9.94. The molecule has 0 bridgehead atoms. The summed E-state index contributed by atoms with van der Waals surface area (Å²) in [6.07, 6.45) is 2.51. The largest absolute Gasteiger partial charge is 0.337 e. The van der Waals surface area contributed by atoms with Crippen molar-refractivity contribution in [2.75, 3.05) is 11.9 Å². The molecule has 5 nitrogen and oxygen atoms in total. The van der Waals surface area contributed by atoms with Crippen molar-refractivity contribution < 1.29 is 9.59 Å². The molecule has 1 aliphatic rings. The standard InChI is InChI=1S/C17H21N3O2S2/c1-3-11(4-2)16(22)20-8-7-12-14(10-20)24-17(18-12)19-15(21)13-6-5-9-23-13/h5-6,9,11H,3-4,7-8,10H2,1-2H3,(H,18,19,21). The van der Waals surface area contributed by atoms with Crippen LogP contribution in [0.3, 0.4) is 0 Å². The maximum Gasteiger partial charge on any atom is 0.267 e. The van der Waals surface area contributed by atoms with E-state index in [0.29, 0.717) is 23.1 Å². The highest BCUT2D eigenvalue weighted by Gasteiger charge is 2.27. The van der Waals surface area contributed by atoms with Crippen LogP contribution in [0, 0.1) is 5.92 Å². The smallest absolute Gasteiger partial charge is 0.267 e. The zero-order valence-electron chi connectivity index (χ0n) is 13.9. The summed E-state index contributed by atoms with van der Waals surface area (Å²) in [6, 6.07) is 3.65. The molecule has 2 aromatic heterocycles. The van der Waals surface area contributed by atoms with Crippen LogP contribution < -0.4 is 5.32 Å². The van der Waals surface area contributed by atoms with E-state index in [-0.39, 0.29) is 17.7 Å². The van der Waals surface area contributed by atoms with Crippen LogP contribution in [-0.2, 0) is 17.8 Å². The summed E-state index contributed by atoms with van der Waals surface area (Å²) in [7, 11) is 0. The Kier molecular flexibility index (Phi) is 5.30. The van der Waals surface area contributed by atoms with Crippen molar-refractivity contribution in [3.63, 3.8) is 0 Å². The van der Waals surface area contributed by atoms with Gasteiger partial charge in [0.2, 0.25) is 5.91 Å². The number of carbonyl (C=O) groups excluding carboxylic acids is 2. The van der Waals surface area contributed by atoms with Gasteiger partial charge in [0.05, 0.1) is 17.1 Å². The fourth-order valence-electron chi connectivity index (χ4n) is 2.90. The molecule has 0 saturated carbocycles. The molecule has 2 amide bonds. The second-order valence-electron chi connectivity index (χ2n) is 5.84. The Balaban J connectivity index is 1.68. The quantitative estimate of drug-likeness (QED) is 0.879. The minimum absolute atomic E-state index is 0.109. The number of aromatic nitrogens is 1. The topological polar surface area (TPSA) is 62.3 Å². The van der Waals surface area contributed by atoms with Gasteiger partial charge in [0.25, 0.3) is 5.91 Å². The lowest BCUT2D eigenvalue weighted by molar-refractivity contribution is -0.136. The number of anilines is 1. The Morgan fingerprint density at radius 3 is 2.83 bits per heavy atom. The maximum absolute atomic E-state index is 12.6. The summed E-state index contributed by atoms with van der Waals surface area (Å²) in [5.41, 5.74) is 1.01. The zero-order chi connectivity index (χ0) is 17.1. The van der Waals surface area contributed by atoms with Crippen LogP contribution in [-0.4, -0.2) is 28.2 Å². The van der Waals surface area contributed by atoms with Crippen molar-refractivity contribution in [1.29, 1.82) is 0 Å². The molecular formula is C17H21N3O2S2. The van der Waals surface area contributed by atoms with Gasteiger partial charge in [0, 0.05) is 23.8 Å². The summed E-state index contributed by atoms with van der Waals surface area (Å²) in [4.78, 5) is 32.9. The first-order valence-electron chi connectivity index (χ1n) is 8.24. The van der Waals surface area contributed by atoms with E-state index in [0.717, 1.165) is 29.8 Å². The van der Waals surface area contributed by atoms with Gasteiger partial charge in [-0.1, -0.05) is 31.3 Å². The molecule has 1 aliphatic heterocycles. The van der Waals surface area contributed by atoms with Crippen molar-refractivity contribution in [2.24, 2.45) is 5.92 Å². The van der Waals surface area contributed by atoms with Gasteiger partial charge in [0.1, 0.15) is 0 Å². The van der Waals surface area contributed by atoms with Crippen molar-refractivity contribution >= 4 is 39.6 Å². The highest BCUT2D eigenvalue weighted by Crippen LogP contribution is 2.30. The monoisotopic (exact) mass is 363 g/mol. The van der Waals surface area contributed by atoms with E-state index in [1.807, 2.05) is 16.3 Å². The van der Waals surface area contributed by atoms with Crippen LogP contribution in [0.1, 0.15) is 46.9 Å². The number of hydrogen-bond acceptors (Lipinski definition) is 5. The molecule has 0 atom stereocenters. The average molecular weight is 364 g/mol. The lowest BCUT2D eigenvalue weighted by Crippen LogP contribution is -2.39. The number of nitrogens with one attached hydrogen (secondary N) is 1. The number of carbonyl (C=O) groups is 2. The molecule has 0 spiro atoms. The molecule has 0 unspecified atom stereocenters. The highest BCUT2D eigenvalue weighted by atomic mass is 32.1. The van der Waals surface area contributed by atoms with Crippen molar-refractivity contribution in [3.8, 4) is 0 Å². The predicted octanol–water partition coefficient (Wildman–Crippen LogP) is 3.78. The molecule has 0 aromatic carbocycles. The van der Waals surface area contributed by atoms with Gasteiger partial charge in [0.15, 0.2) is 5.13 Å². The number of rotatable bonds is 5. The molecule has 3 rings (SSSR count). The summed E-state index contributed by atoms with van der Waals surface area (Å²) in [5.74, 6) is 0.224. The van der Waals surface area contributed by atoms with Crippen LogP contribution in [0.15, 0.2) is 17.5 Å². The van der Waals surface area contributed by atoms with Crippen molar-refractivity contribution in [1.82, 2.24) is 9.88 Å². The Hall–Kier alpha value is -1.73. The lowest BCUT2D eigenvalue weighted by Gasteiger charge is -2.29. The normalized spacial score (nSPS) is 13.9. The molecular weight excluding hydrogens is 342 g/mol. The summed E-state index contributed by atoms with van der Waals surface area (Å²) in [6.45, 7) is 5.44. The maximum atomic E-state index is 12.6. The zero-order valence-corrected chi connectivity index (χ0v) is 15.5. The predicted molar refractivity (Wildman–Crippen MR) is 97.6 cm³/mol. The van der Waals surface area contributed by atoms with Crippen LogP contribution in [0.4, 0.5) is 5.13 Å². The average Bonchev–Trinajstić information content (AvgIpc) is 3.24. The Morgan fingerprint density at radius 2 is 2.17 bits per heavy atom. The Bertz CT molecular complexity index is 720. The summed E-state index contributed by atoms with van der Waals surface area (Å²) in [5, 5.41) is 5.36. The van der Waals surface area contributed by atoms with Gasteiger partial charge in [-0.15, -0.1) is 11.3 Å². The second-order valence-corrected chi connectivity index (χ2v) is 7.87. The Morgan fingerprint density at radius 1 is 1.38 bits per heavy atom. The van der Waals surface area contributed by atoms with E-state index in [1.54, 1.807) is 6.07 Å². The van der Waals surface area contributed by atoms with Crippen LogP contribution in [0.2, 0.25) is 0 Å². The highest BCUT2D eigenvalue weighted by molar-refractivity contribution is 7.16. The third-order valence-electron chi connectivity index (χ3n) is 4.34. The molecule has 0 fully saturated rings. The molecule has 0 aliphatic carbocycles. The molecule has 3 heterocycles. The van der Waals surface area contributed by atoms with Gasteiger partial charge in [-0.3, -0.25) is 14.9 Å². The summed E-state index contributed by atoms with van der Waals surface area (Å²) >= 11 is 2.89. The summed E-state index contributed by atoms with van der Waals surface area (Å²) < 4.78 is 0. The molecule has 7 heteroatoms. The Labute approximate surface area is 149 Å². The van der Waals surface area contributed by atoms with Crippen LogP contribution >= 0.6 is 22.7 Å². The van der Waals surface area contributed by atoms with Gasteiger partial charge >= 0.3 is 0 Å². The van der Waals surface area contributed by atoms with Crippen LogP contribution in [0.5, 0.6) is 0 Å². The third-order valence-corrected chi connectivity index (χ3v) is 6.21. The van der Waals surface area contributed by atoms with Crippen molar-refractivity contribution in [2.45, 2.75) is 39.7 Å². The number of thiazole rings is 1. The first kappa shape index (κ1) is 17.1. The van der Waals surface area contributed by atoms with Gasteiger partial charge < -0.3 is 4.90 Å². The van der Waals surface area contributed by atoms with E-state index in [4.69, 9.17) is 0 Å². The number of thiophene rings is 1. The minimum atomic E-state index is -0.124. The minimum Gasteiger partial charge on any atom is -0.337 e. The fourth-order valence-corrected chi connectivity index (χ4v) is 4.54. The lowest BCUT2D eigenvalue weighted by atomic mass is 10.0. The van der Waals surface area contributed by atoms with E-state index in [9.17, 15) is 9.59 Å². The number of hydrogen-bond donors (Lipinski definition) is 1.